The number of nitro groups is 1. The number of halogens is 1. The zero-order valence-electron chi connectivity index (χ0n) is 20.8. The second-order valence-electron chi connectivity index (χ2n) is 7.64. The smallest absolute Gasteiger partial charge is 0.271 e. The molecule has 3 rings (SSSR count). The van der Waals surface area contributed by atoms with E-state index in [1.54, 1.807) is 42.5 Å². The van der Waals surface area contributed by atoms with Gasteiger partial charge in [0.15, 0.2) is 23.0 Å². The summed E-state index contributed by atoms with van der Waals surface area (Å²) in [6.45, 7) is 6.40. The van der Waals surface area contributed by atoms with Crippen molar-refractivity contribution in [3.05, 3.63) is 97.6 Å². The van der Waals surface area contributed by atoms with E-state index in [1.807, 2.05) is 13.0 Å². The number of hydrogen-bond acceptors (Lipinski definition) is 8. The van der Waals surface area contributed by atoms with Gasteiger partial charge in [0.1, 0.15) is 13.2 Å². The number of nitro benzene ring substituents is 1. The molecule has 0 heterocycles. The zero-order valence-corrected chi connectivity index (χ0v) is 23.0. The Hall–Kier alpha value is -4.13. The van der Waals surface area contributed by atoms with Crippen LogP contribution in [0.5, 0.6) is 23.0 Å². The molecule has 0 aliphatic carbocycles. The highest BCUT2D eigenvalue weighted by Crippen LogP contribution is 2.34. The number of methoxy groups -OCH3 is 1. The quantitative estimate of drug-likeness (QED) is 0.0868. The molecular weight excluding hydrogens is 605 g/mol. The van der Waals surface area contributed by atoms with Crippen molar-refractivity contribution in [3.8, 4) is 23.0 Å². The highest BCUT2D eigenvalue weighted by atomic mass is 127. The Labute approximate surface area is 233 Å². The molecule has 3 aromatic rings. The van der Waals surface area contributed by atoms with Gasteiger partial charge in [-0.05, 0) is 83.1 Å². The minimum atomic E-state index is -0.448. The minimum Gasteiger partial charge on any atom is -0.493 e. The van der Waals surface area contributed by atoms with Gasteiger partial charge in [-0.3, -0.25) is 14.9 Å². The Balaban J connectivity index is 1.69. The van der Waals surface area contributed by atoms with Crippen LogP contribution >= 0.6 is 22.6 Å². The maximum absolute atomic E-state index is 12.6. The number of ether oxygens (including phenoxy) is 4. The number of nitrogens with zero attached hydrogens (tertiary/aromatic N) is 2. The third-order valence-electron chi connectivity index (χ3n) is 5.02. The molecule has 0 spiro atoms. The molecule has 0 unspecified atom stereocenters. The van der Waals surface area contributed by atoms with Crippen LogP contribution in [0.4, 0.5) is 5.69 Å². The average Bonchev–Trinajstić information content (AvgIpc) is 2.91. The van der Waals surface area contributed by atoms with Crippen molar-refractivity contribution in [2.24, 2.45) is 5.10 Å². The summed E-state index contributed by atoms with van der Waals surface area (Å²) in [6, 6.07) is 14.6. The van der Waals surface area contributed by atoms with Gasteiger partial charge >= 0.3 is 0 Å². The second kappa shape index (κ2) is 14.0. The summed E-state index contributed by atoms with van der Waals surface area (Å²) >= 11 is 2.13. The number of non-ortho nitro benzene ring substituents is 1. The van der Waals surface area contributed by atoms with Crippen molar-refractivity contribution >= 4 is 40.4 Å². The van der Waals surface area contributed by atoms with Crippen LogP contribution in [-0.2, 0) is 6.61 Å². The summed E-state index contributed by atoms with van der Waals surface area (Å²) in [5.74, 6) is 1.55. The summed E-state index contributed by atoms with van der Waals surface area (Å²) in [7, 11) is 1.49. The molecule has 0 aliphatic rings. The maximum atomic E-state index is 12.6. The Kier molecular flexibility index (Phi) is 10.5. The molecule has 10 nitrogen and oxygen atoms in total. The molecular formula is C27H26IN3O7. The Bertz CT molecular complexity index is 1330. The highest BCUT2D eigenvalue weighted by molar-refractivity contribution is 14.1. The van der Waals surface area contributed by atoms with E-state index < -0.39 is 10.8 Å². The first-order valence-electron chi connectivity index (χ1n) is 11.4. The van der Waals surface area contributed by atoms with E-state index in [4.69, 9.17) is 18.9 Å². The Morgan fingerprint density at radius 3 is 2.50 bits per heavy atom. The molecule has 0 aliphatic heterocycles. The van der Waals surface area contributed by atoms with Crippen LogP contribution in [0.25, 0.3) is 0 Å². The van der Waals surface area contributed by atoms with Gasteiger partial charge < -0.3 is 18.9 Å². The normalized spacial score (nSPS) is 10.6. The van der Waals surface area contributed by atoms with E-state index in [2.05, 4.69) is 39.7 Å². The monoisotopic (exact) mass is 631 g/mol. The SMILES string of the molecule is C=CCOc1ccc(C(=O)N/N=C/c2cc(I)c(OCc3ccc([N+](=O)[O-])cc3)c(OCC)c2)cc1OC. The summed E-state index contributed by atoms with van der Waals surface area (Å²) in [5, 5.41) is 14.9. The third kappa shape index (κ3) is 7.68. The van der Waals surface area contributed by atoms with Crippen LogP contribution in [0.3, 0.4) is 0 Å². The van der Waals surface area contributed by atoms with E-state index in [0.717, 1.165) is 9.13 Å². The van der Waals surface area contributed by atoms with Gasteiger partial charge in [0.05, 0.1) is 28.4 Å². The van der Waals surface area contributed by atoms with E-state index in [0.29, 0.717) is 47.3 Å². The molecule has 38 heavy (non-hydrogen) atoms. The van der Waals surface area contributed by atoms with Gasteiger partial charge in [-0.2, -0.15) is 5.10 Å². The predicted molar refractivity (Wildman–Crippen MR) is 152 cm³/mol. The van der Waals surface area contributed by atoms with Gasteiger partial charge in [-0.25, -0.2) is 5.43 Å². The first kappa shape index (κ1) is 28.4. The number of amides is 1. The maximum Gasteiger partial charge on any atom is 0.271 e. The molecule has 0 saturated carbocycles. The molecule has 1 amide bonds. The molecule has 0 saturated heterocycles. The first-order valence-corrected chi connectivity index (χ1v) is 12.5. The molecule has 11 heteroatoms. The van der Waals surface area contributed by atoms with Crippen molar-refractivity contribution < 1.29 is 28.7 Å². The van der Waals surface area contributed by atoms with Gasteiger partial charge in [0.2, 0.25) is 0 Å². The third-order valence-corrected chi connectivity index (χ3v) is 5.83. The predicted octanol–water partition coefficient (Wildman–Crippen LogP) is 5.51. The number of nitrogens with one attached hydrogen (secondary N) is 1. The van der Waals surface area contributed by atoms with E-state index in [9.17, 15) is 14.9 Å². The standard InChI is InChI=1S/C27H26IN3O7/c1-4-12-37-23-11-8-20(15-24(23)35-3)27(32)30-29-16-19-13-22(28)26(25(14-19)36-5-2)38-17-18-6-9-21(10-7-18)31(33)34/h4,6-11,13-16H,1,5,12,17H2,2-3H3,(H,30,32)/b29-16+. The topological polar surface area (TPSA) is 122 Å². The Morgan fingerprint density at radius 2 is 1.84 bits per heavy atom. The van der Waals surface area contributed by atoms with Crippen LogP contribution < -0.4 is 24.4 Å². The molecule has 0 fully saturated rings. The number of hydrazone groups is 1. The molecule has 0 aromatic heterocycles. The first-order chi connectivity index (χ1) is 18.4. The van der Waals surface area contributed by atoms with Crippen LogP contribution in [0, 0.1) is 13.7 Å². The number of hydrogen-bond donors (Lipinski definition) is 1. The summed E-state index contributed by atoms with van der Waals surface area (Å²) < 4.78 is 23.3. The summed E-state index contributed by atoms with van der Waals surface area (Å²) in [4.78, 5) is 23.0. The van der Waals surface area contributed by atoms with Crippen LogP contribution in [0.1, 0.15) is 28.4 Å². The number of carbonyl (C=O) groups excluding carboxylic acids is 1. The van der Waals surface area contributed by atoms with E-state index in [1.165, 1.54) is 25.5 Å². The van der Waals surface area contributed by atoms with Gasteiger partial charge in [0.25, 0.3) is 11.6 Å². The Morgan fingerprint density at radius 1 is 1.08 bits per heavy atom. The largest absolute Gasteiger partial charge is 0.493 e. The van der Waals surface area contributed by atoms with Gasteiger partial charge in [-0.1, -0.05) is 12.7 Å². The lowest BCUT2D eigenvalue weighted by Crippen LogP contribution is -2.17. The molecule has 0 radical (unpaired) electrons. The minimum absolute atomic E-state index is 0.0164. The molecule has 0 bridgehead atoms. The van der Waals surface area contributed by atoms with Crippen molar-refractivity contribution in [1.29, 1.82) is 0 Å². The fourth-order valence-corrected chi connectivity index (χ4v) is 4.02. The van der Waals surface area contributed by atoms with Crippen molar-refractivity contribution in [1.82, 2.24) is 5.43 Å². The van der Waals surface area contributed by atoms with E-state index >= 15 is 0 Å². The van der Waals surface area contributed by atoms with E-state index in [-0.39, 0.29) is 12.3 Å². The fraction of sp³-hybridized carbons (Fsp3) is 0.185. The molecule has 198 valence electrons. The van der Waals surface area contributed by atoms with Gasteiger partial charge in [-0.15, -0.1) is 0 Å². The molecule has 0 atom stereocenters. The lowest BCUT2D eigenvalue weighted by Gasteiger charge is -2.14. The molecule has 3 aromatic carbocycles. The fourth-order valence-electron chi connectivity index (χ4n) is 3.24. The van der Waals surface area contributed by atoms with Crippen LogP contribution in [-0.4, -0.2) is 37.4 Å². The molecule has 1 N–H and O–H groups in total. The summed E-state index contributed by atoms with van der Waals surface area (Å²) in [6.07, 6.45) is 3.12. The van der Waals surface area contributed by atoms with Crippen molar-refractivity contribution in [2.75, 3.05) is 20.3 Å². The number of benzene rings is 3. The van der Waals surface area contributed by atoms with Crippen molar-refractivity contribution in [3.63, 3.8) is 0 Å². The number of carbonyl (C=O) groups is 1. The van der Waals surface area contributed by atoms with Crippen LogP contribution in [0.2, 0.25) is 0 Å². The lowest BCUT2D eigenvalue weighted by atomic mass is 10.2. The summed E-state index contributed by atoms with van der Waals surface area (Å²) in [5.41, 5.74) is 4.33. The highest BCUT2D eigenvalue weighted by Gasteiger charge is 2.14. The van der Waals surface area contributed by atoms with Crippen molar-refractivity contribution in [2.45, 2.75) is 13.5 Å². The second-order valence-corrected chi connectivity index (χ2v) is 8.80. The number of rotatable bonds is 13. The van der Waals surface area contributed by atoms with Crippen LogP contribution in [0.15, 0.2) is 72.4 Å². The zero-order chi connectivity index (χ0) is 27.5. The average molecular weight is 631 g/mol. The lowest BCUT2D eigenvalue weighted by molar-refractivity contribution is -0.384. The van der Waals surface area contributed by atoms with Gasteiger partial charge in [0, 0.05) is 17.7 Å².